The molecule has 3 fully saturated rings. The van der Waals surface area contributed by atoms with E-state index < -0.39 is 5.54 Å². The number of nitrogens with one attached hydrogen (secondary N) is 3. The number of carbonyl (C=O) groups is 3. The van der Waals surface area contributed by atoms with Gasteiger partial charge in [-0.15, -0.1) is 0 Å². The number of H-pyrrole nitrogens is 1. The lowest BCUT2D eigenvalue weighted by molar-refractivity contribution is -0.131. The van der Waals surface area contributed by atoms with Gasteiger partial charge in [-0.05, 0) is 43.9 Å². The van der Waals surface area contributed by atoms with E-state index in [-0.39, 0.29) is 30.8 Å². The molecule has 8 heteroatoms. The van der Waals surface area contributed by atoms with Crippen molar-refractivity contribution >= 4 is 34.6 Å². The third-order valence-electron chi connectivity index (χ3n) is 6.54. The molecule has 0 atom stereocenters. The Balaban J connectivity index is 1.20. The number of imide groups is 1. The van der Waals surface area contributed by atoms with Crippen molar-refractivity contribution in [3.63, 3.8) is 0 Å². The van der Waals surface area contributed by atoms with Gasteiger partial charge in [0.15, 0.2) is 0 Å². The van der Waals surface area contributed by atoms with Gasteiger partial charge in [0.05, 0.1) is 11.0 Å². The monoisotopic (exact) mass is 395 g/mol. The Morgan fingerprint density at radius 1 is 1.21 bits per heavy atom. The summed E-state index contributed by atoms with van der Waals surface area (Å²) in [6.45, 7) is 0.0936. The topological polar surface area (TPSA) is 107 Å². The summed E-state index contributed by atoms with van der Waals surface area (Å²) in [6.07, 6.45) is 6.94. The van der Waals surface area contributed by atoms with E-state index in [0.29, 0.717) is 24.4 Å². The quantitative estimate of drug-likeness (QED) is 0.676. The van der Waals surface area contributed by atoms with Gasteiger partial charge in [0.1, 0.15) is 11.4 Å². The molecule has 1 aromatic carbocycles. The molecule has 1 aliphatic heterocycles. The van der Waals surface area contributed by atoms with Gasteiger partial charge in [-0.3, -0.25) is 14.5 Å². The predicted molar refractivity (Wildman–Crippen MR) is 107 cm³/mol. The molecule has 3 N–H and O–H groups in total. The Labute approximate surface area is 168 Å². The van der Waals surface area contributed by atoms with E-state index >= 15 is 0 Å². The number of fused-ring (bicyclic) bond motifs is 1. The van der Waals surface area contributed by atoms with E-state index in [1.807, 2.05) is 18.2 Å². The third kappa shape index (κ3) is 3.16. The summed E-state index contributed by atoms with van der Waals surface area (Å²) in [5.41, 5.74) is 1.75. The van der Waals surface area contributed by atoms with Crippen LogP contribution in [0.25, 0.3) is 11.0 Å². The number of hydrogen-bond acceptors (Lipinski definition) is 4. The van der Waals surface area contributed by atoms with E-state index in [0.717, 1.165) is 29.7 Å². The first-order valence-corrected chi connectivity index (χ1v) is 10.5. The zero-order valence-corrected chi connectivity index (χ0v) is 16.3. The van der Waals surface area contributed by atoms with Gasteiger partial charge < -0.3 is 15.6 Å². The largest absolute Gasteiger partial charge is 0.342 e. The summed E-state index contributed by atoms with van der Waals surface area (Å²) >= 11 is 0. The summed E-state index contributed by atoms with van der Waals surface area (Å²) in [4.78, 5) is 46.4. The van der Waals surface area contributed by atoms with Crippen molar-refractivity contribution in [1.29, 1.82) is 0 Å². The standard InChI is InChI=1S/C21H25N5O3/c27-17(8-11-26-19(28)21(25-20(26)29)9-1-2-10-21)22-14-6-7-15-16(12-14)24-18(23-15)13-4-3-5-13/h6-7,12-13H,1-5,8-11H2,(H,22,27)(H,23,24)(H,25,29). The number of hydrogen-bond donors (Lipinski definition) is 3. The molecule has 4 amide bonds. The van der Waals surface area contributed by atoms with Gasteiger partial charge in [-0.1, -0.05) is 19.3 Å². The van der Waals surface area contributed by atoms with Crippen molar-refractivity contribution in [2.45, 2.75) is 62.8 Å². The zero-order valence-electron chi connectivity index (χ0n) is 16.3. The SMILES string of the molecule is O=C(CCN1C(=O)NC2(CCCC2)C1=O)Nc1ccc2nc(C3CCC3)[nH]c2c1. The summed E-state index contributed by atoms with van der Waals surface area (Å²) in [5, 5.41) is 5.70. The van der Waals surface area contributed by atoms with Gasteiger partial charge in [-0.25, -0.2) is 9.78 Å². The second-order valence-corrected chi connectivity index (χ2v) is 8.46. The third-order valence-corrected chi connectivity index (χ3v) is 6.54. The Bertz CT molecular complexity index is 987. The minimum absolute atomic E-state index is 0.0730. The van der Waals surface area contributed by atoms with Gasteiger partial charge in [0.2, 0.25) is 5.91 Å². The maximum Gasteiger partial charge on any atom is 0.325 e. The van der Waals surface area contributed by atoms with E-state index in [4.69, 9.17) is 0 Å². The lowest BCUT2D eigenvalue weighted by Crippen LogP contribution is -2.44. The Hall–Kier alpha value is -2.90. The van der Waals surface area contributed by atoms with E-state index in [1.54, 1.807) is 0 Å². The molecular formula is C21H25N5O3. The van der Waals surface area contributed by atoms with Crippen LogP contribution in [0.3, 0.4) is 0 Å². The fourth-order valence-corrected chi connectivity index (χ4v) is 4.62. The Morgan fingerprint density at radius 3 is 2.72 bits per heavy atom. The van der Waals surface area contributed by atoms with E-state index in [2.05, 4.69) is 20.6 Å². The average molecular weight is 395 g/mol. The minimum Gasteiger partial charge on any atom is -0.342 e. The van der Waals surface area contributed by atoms with Gasteiger partial charge in [0, 0.05) is 24.6 Å². The highest BCUT2D eigenvalue weighted by atomic mass is 16.2. The van der Waals surface area contributed by atoms with Crippen molar-refractivity contribution in [1.82, 2.24) is 20.2 Å². The number of amides is 4. The van der Waals surface area contributed by atoms with Crippen LogP contribution in [0.4, 0.5) is 10.5 Å². The van der Waals surface area contributed by atoms with Crippen molar-refractivity contribution in [3.05, 3.63) is 24.0 Å². The summed E-state index contributed by atoms with van der Waals surface area (Å²) in [5.74, 6) is 1.13. The molecule has 3 aliphatic rings. The van der Waals surface area contributed by atoms with Crippen molar-refractivity contribution in [2.24, 2.45) is 0 Å². The smallest absolute Gasteiger partial charge is 0.325 e. The van der Waals surface area contributed by atoms with Crippen LogP contribution >= 0.6 is 0 Å². The van der Waals surface area contributed by atoms with Crippen LogP contribution in [-0.4, -0.2) is 44.8 Å². The van der Waals surface area contributed by atoms with Gasteiger partial charge in [-0.2, -0.15) is 0 Å². The van der Waals surface area contributed by atoms with Crippen LogP contribution in [0, 0.1) is 0 Å². The Kier molecular flexibility index (Phi) is 4.29. The lowest BCUT2D eigenvalue weighted by Gasteiger charge is -2.22. The molecule has 2 aliphatic carbocycles. The minimum atomic E-state index is -0.725. The maximum atomic E-state index is 12.6. The molecule has 5 rings (SSSR count). The van der Waals surface area contributed by atoms with E-state index in [9.17, 15) is 14.4 Å². The predicted octanol–water partition coefficient (Wildman–Crippen LogP) is 3.02. The normalized spacial score (nSPS) is 21.0. The molecule has 8 nitrogen and oxygen atoms in total. The van der Waals surface area contributed by atoms with Crippen LogP contribution < -0.4 is 10.6 Å². The highest BCUT2D eigenvalue weighted by Crippen LogP contribution is 2.36. The number of imidazole rings is 1. The Morgan fingerprint density at radius 2 is 2.00 bits per heavy atom. The molecule has 152 valence electrons. The molecule has 0 unspecified atom stereocenters. The number of anilines is 1. The molecule has 29 heavy (non-hydrogen) atoms. The van der Waals surface area contributed by atoms with Crippen LogP contribution in [0.5, 0.6) is 0 Å². The molecule has 1 spiro atoms. The molecule has 0 radical (unpaired) electrons. The van der Waals surface area contributed by atoms with Crippen LogP contribution in [0.1, 0.15) is 63.1 Å². The van der Waals surface area contributed by atoms with Crippen molar-refractivity contribution < 1.29 is 14.4 Å². The fourth-order valence-electron chi connectivity index (χ4n) is 4.62. The average Bonchev–Trinajstić information content (AvgIpc) is 3.32. The highest BCUT2D eigenvalue weighted by molar-refractivity contribution is 6.07. The molecule has 0 bridgehead atoms. The summed E-state index contributed by atoms with van der Waals surface area (Å²) < 4.78 is 0. The van der Waals surface area contributed by atoms with Gasteiger partial charge in [0.25, 0.3) is 5.91 Å². The first-order chi connectivity index (χ1) is 14.0. The van der Waals surface area contributed by atoms with Crippen molar-refractivity contribution in [3.8, 4) is 0 Å². The van der Waals surface area contributed by atoms with Crippen LogP contribution in [0.15, 0.2) is 18.2 Å². The molecule has 2 aromatic rings. The number of urea groups is 1. The first-order valence-electron chi connectivity index (χ1n) is 10.5. The van der Waals surface area contributed by atoms with Crippen molar-refractivity contribution in [2.75, 3.05) is 11.9 Å². The maximum absolute atomic E-state index is 12.6. The second-order valence-electron chi connectivity index (χ2n) is 8.46. The van der Waals surface area contributed by atoms with E-state index in [1.165, 1.54) is 24.2 Å². The van der Waals surface area contributed by atoms with Crippen LogP contribution in [-0.2, 0) is 9.59 Å². The molecule has 1 aromatic heterocycles. The summed E-state index contributed by atoms with van der Waals surface area (Å²) in [7, 11) is 0. The molecule has 1 saturated heterocycles. The number of benzene rings is 1. The fraction of sp³-hybridized carbons (Fsp3) is 0.524. The highest BCUT2D eigenvalue weighted by Gasteiger charge is 2.52. The lowest BCUT2D eigenvalue weighted by atomic mass is 9.85. The van der Waals surface area contributed by atoms with Gasteiger partial charge >= 0.3 is 6.03 Å². The summed E-state index contributed by atoms with van der Waals surface area (Å²) in [6, 6.07) is 5.22. The first kappa shape index (κ1) is 18.1. The second kappa shape index (κ2) is 6.86. The number of rotatable bonds is 5. The number of carbonyl (C=O) groups excluding carboxylic acids is 3. The molecule has 2 saturated carbocycles. The zero-order chi connectivity index (χ0) is 20.0. The molecular weight excluding hydrogens is 370 g/mol. The van der Waals surface area contributed by atoms with Crippen LogP contribution in [0.2, 0.25) is 0 Å². The number of aromatic amines is 1. The molecule has 2 heterocycles. The number of aromatic nitrogens is 2. The number of nitrogens with zero attached hydrogens (tertiary/aromatic N) is 2.